The van der Waals surface area contributed by atoms with Gasteiger partial charge in [0.1, 0.15) is 6.10 Å². The van der Waals surface area contributed by atoms with E-state index < -0.39 is 6.10 Å². The number of carbonyl (C=O) groups is 1. The highest BCUT2D eigenvalue weighted by Gasteiger charge is 2.27. The van der Waals surface area contributed by atoms with Gasteiger partial charge < -0.3 is 20.6 Å². The molecule has 24 heavy (non-hydrogen) atoms. The monoisotopic (exact) mass is 350 g/mol. The third-order valence-electron chi connectivity index (χ3n) is 4.04. The van der Waals surface area contributed by atoms with E-state index in [4.69, 9.17) is 17.3 Å². The minimum Gasteiger partial charge on any atom is -0.383 e. The van der Waals surface area contributed by atoms with Crippen LogP contribution in [-0.4, -0.2) is 63.4 Å². The van der Waals surface area contributed by atoms with Crippen molar-refractivity contribution in [1.82, 2.24) is 20.1 Å². The second-order valence-electron chi connectivity index (χ2n) is 5.64. The zero-order valence-corrected chi connectivity index (χ0v) is 13.8. The molecular weight excluding hydrogens is 332 g/mol. The smallest absolute Gasteiger partial charge is 0.251 e. The Morgan fingerprint density at radius 2 is 2.04 bits per heavy atom. The maximum absolute atomic E-state index is 12.4. The molecule has 0 aliphatic carbocycles. The standard InChI is InChI=1S/C15H19ClN6O2/c16-11-4-2-1-3-10(11)9-12(23)13(24)21-5-7-22(8-6-21)15-18-14(17)19-20-15/h1-4,12,23H,5-9H2,(H3,17,18,19,20). The van der Waals surface area contributed by atoms with Gasteiger partial charge in [0.05, 0.1) is 0 Å². The van der Waals surface area contributed by atoms with E-state index in [1.807, 2.05) is 23.1 Å². The molecule has 1 amide bonds. The molecule has 128 valence electrons. The molecule has 1 aliphatic heterocycles. The van der Waals surface area contributed by atoms with Crippen LogP contribution in [0.2, 0.25) is 5.02 Å². The van der Waals surface area contributed by atoms with Crippen molar-refractivity contribution in [2.45, 2.75) is 12.5 Å². The molecule has 1 fully saturated rings. The van der Waals surface area contributed by atoms with Crippen LogP contribution in [0.1, 0.15) is 5.56 Å². The number of carbonyl (C=O) groups excluding carboxylic acids is 1. The number of H-pyrrole nitrogens is 1. The molecule has 0 spiro atoms. The van der Waals surface area contributed by atoms with Crippen LogP contribution < -0.4 is 10.6 Å². The average molecular weight is 351 g/mol. The summed E-state index contributed by atoms with van der Waals surface area (Å²) in [6, 6.07) is 7.21. The molecule has 9 heteroatoms. The normalized spacial score (nSPS) is 16.2. The molecule has 1 aromatic heterocycles. The second-order valence-corrected chi connectivity index (χ2v) is 6.05. The van der Waals surface area contributed by atoms with E-state index in [1.165, 1.54) is 0 Å². The van der Waals surface area contributed by atoms with E-state index in [0.717, 1.165) is 5.56 Å². The zero-order valence-electron chi connectivity index (χ0n) is 13.0. The number of aliphatic hydroxyl groups is 1. The van der Waals surface area contributed by atoms with Crippen molar-refractivity contribution in [3.05, 3.63) is 34.9 Å². The summed E-state index contributed by atoms with van der Waals surface area (Å²) in [6.45, 7) is 2.19. The van der Waals surface area contributed by atoms with Crippen LogP contribution in [0.5, 0.6) is 0 Å². The van der Waals surface area contributed by atoms with Crippen molar-refractivity contribution < 1.29 is 9.90 Å². The SMILES string of the molecule is Nc1n[nH]c(N2CCN(C(=O)C(O)Cc3ccccc3Cl)CC2)n1. The summed E-state index contributed by atoms with van der Waals surface area (Å²) in [5.41, 5.74) is 6.26. The van der Waals surface area contributed by atoms with Crippen LogP contribution >= 0.6 is 11.6 Å². The molecule has 1 aliphatic rings. The number of benzene rings is 1. The third kappa shape index (κ3) is 3.60. The van der Waals surface area contributed by atoms with Crippen molar-refractivity contribution in [2.24, 2.45) is 0 Å². The fraction of sp³-hybridized carbons (Fsp3) is 0.400. The lowest BCUT2D eigenvalue weighted by atomic mass is 10.1. The Balaban J connectivity index is 1.55. The number of hydrogen-bond acceptors (Lipinski definition) is 6. The topological polar surface area (TPSA) is 111 Å². The number of halogens is 1. The predicted octanol–water partition coefficient (Wildman–Crippen LogP) is 0.293. The Hall–Kier alpha value is -2.32. The van der Waals surface area contributed by atoms with Gasteiger partial charge in [0, 0.05) is 37.6 Å². The maximum atomic E-state index is 12.4. The Kier molecular flexibility index (Phi) is 4.86. The van der Waals surface area contributed by atoms with Gasteiger partial charge in [-0.3, -0.25) is 4.79 Å². The van der Waals surface area contributed by atoms with Crippen LogP contribution in [0.15, 0.2) is 24.3 Å². The van der Waals surface area contributed by atoms with Gasteiger partial charge in [-0.05, 0) is 11.6 Å². The van der Waals surface area contributed by atoms with Gasteiger partial charge in [-0.2, -0.15) is 4.98 Å². The lowest BCUT2D eigenvalue weighted by Crippen LogP contribution is -2.52. The highest BCUT2D eigenvalue weighted by Crippen LogP contribution is 2.18. The Morgan fingerprint density at radius 3 is 2.67 bits per heavy atom. The second kappa shape index (κ2) is 7.06. The van der Waals surface area contributed by atoms with Crippen molar-refractivity contribution in [1.29, 1.82) is 0 Å². The van der Waals surface area contributed by atoms with Crippen molar-refractivity contribution in [3.8, 4) is 0 Å². The first-order valence-electron chi connectivity index (χ1n) is 7.67. The van der Waals surface area contributed by atoms with E-state index in [1.54, 1.807) is 11.0 Å². The number of nitrogens with two attached hydrogens (primary N) is 1. The number of anilines is 2. The van der Waals surface area contributed by atoms with Gasteiger partial charge >= 0.3 is 0 Å². The first-order valence-corrected chi connectivity index (χ1v) is 8.05. The zero-order chi connectivity index (χ0) is 17.1. The summed E-state index contributed by atoms with van der Waals surface area (Å²) in [6.07, 6.45) is -0.894. The van der Waals surface area contributed by atoms with Crippen LogP contribution in [-0.2, 0) is 11.2 Å². The highest BCUT2D eigenvalue weighted by molar-refractivity contribution is 6.31. The molecule has 2 heterocycles. The molecule has 8 nitrogen and oxygen atoms in total. The number of nitrogen functional groups attached to an aromatic ring is 1. The molecule has 1 aromatic carbocycles. The lowest BCUT2D eigenvalue weighted by molar-refractivity contribution is -0.140. The molecule has 1 unspecified atom stereocenters. The molecule has 4 N–H and O–H groups in total. The van der Waals surface area contributed by atoms with Gasteiger partial charge in [-0.1, -0.05) is 29.8 Å². The van der Waals surface area contributed by atoms with Crippen molar-refractivity contribution >= 4 is 29.4 Å². The molecule has 2 aromatic rings. The Morgan fingerprint density at radius 1 is 1.33 bits per heavy atom. The number of aromatic nitrogens is 3. The summed E-state index contributed by atoms with van der Waals surface area (Å²) < 4.78 is 0. The van der Waals surface area contributed by atoms with Gasteiger partial charge in [0.25, 0.3) is 5.91 Å². The summed E-state index contributed by atoms with van der Waals surface area (Å²) in [5.74, 6) is 0.501. The van der Waals surface area contributed by atoms with E-state index >= 15 is 0 Å². The number of amides is 1. The van der Waals surface area contributed by atoms with E-state index in [9.17, 15) is 9.90 Å². The summed E-state index contributed by atoms with van der Waals surface area (Å²) in [7, 11) is 0. The van der Waals surface area contributed by atoms with Crippen LogP contribution in [0.3, 0.4) is 0 Å². The van der Waals surface area contributed by atoms with Gasteiger partial charge in [-0.25, -0.2) is 5.10 Å². The predicted molar refractivity (Wildman–Crippen MR) is 90.8 cm³/mol. The number of piperazine rings is 1. The number of hydrogen-bond donors (Lipinski definition) is 3. The highest BCUT2D eigenvalue weighted by atomic mass is 35.5. The van der Waals surface area contributed by atoms with Crippen LogP contribution in [0, 0.1) is 0 Å². The molecule has 3 rings (SSSR count). The molecule has 0 radical (unpaired) electrons. The maximum Gasteiger partial charge on any atom is 0.251 e. The summed E-state index contributed by atoms with van der Waals surface area (Å²) in [4.78, 5) is 20.1. The Bertz CT molecular complexity index is 713. The first-order chi connectivity index (χ1) is 11.5. The van der Waals surface area contributed by atoms with Gasteiger partial charge in [-0.15, -0.1) is 5.10 Å². The first kappa shape index (κ1) is 16.5. The number of aromatic amines is 1. The third-order valence-corrected chi connectivity index (χ3v) is 4.41. The molecule has 1 atom stereocenters. The van der Waals surface area contributed by atoms with Gasteiger partial charge in [0.15, 0.2) is 0 Å². The molecule has 1 saturated heterocycles. The summed E-state index contributed by atoms with van der Waals surface area (Å²) in [5, 5.41) is 17.3. The van der Waals surface area contributed by atoms with E-state index in [0.29, 0.717) is 37.1 Å². The fourth-order valence-corrected chi connectivity index (χ4v) is 2.93. The molecule has 0 bridgehead atoms. The fourth-order valence-electron chi connectivity index (χ4n) is 2.72. The van der Waals surface area contributed by atoms with E-state index in [2.05, 4.69) is 15.2 Å². The van der Waals surface area contributed by atoms with Crippen LogP contribution in [0.25, 0.3) is 0 Å². The minimum absolute atomic E-state index is 0.193. The minimum atomic E-state index is -1.10. The van der Waals surface area contributed by atoms with Crippen molar-refractivity contribution in [2.75, 3.05) is 36.8 Å². The molecule has 0 saturated carbocycles. The quantitative estimate of drug-likeness (QED) is 0.731. The number of aliphatic hydroxyl groups excluding tert-OH is 1. The van der Waals surface area contributed by atoms with Crippen molar-refractivity contribution in [3.63, 3.8) is 0 Å². The van der Waals surface area contributed by atoms with Gasteiger partial charge in [0.2, 0.25) is 11.9 Å². The lowest BCUT2D eigenvalue weighted by Gasteiger charge is -2.35. The largest absolute Gasteiger partial charge is 0.383 e. The van der Waals surface area contributed by atoms with Crippen LogP contribution in [0.4, 0.5) is 11.9 Å². The number of nitrogens with zero attached hydrogens (tertiary/aromatic N) is 4. The average Bonchev–Trinajstić information content (AvgIpc) is 3.03. The Labute approximate surface area is 144 Å². The number of nitrogens with one attached hydrogen (secondary N) is 1. The van der Waals surface area contributed by atoms with E-state index in [-0.39, 0.29) is 18.3 Å². The number of rotatable bonds is 4. The molecular formula is C15H19ClN6O2. The summed E-state index contributed by atoms with van der Waals surface area (Å²) >= 11 is 6.08.